The van der Waals surface area contributed by atoms with Crippen molar-refractivity contribution in [3.05, 3.63) is 64.7 Å². The van der Waals surface area contributed by atoms with Gasteiger partial charge in [0.15, 0.2) is 0 Å². The summed E-state index contributed by atoms with van der Waals surface area (Å²) < 4.78 is 4.98. The number of nitrogens with one attached hydrogen (secondary N) is 1. The van der Waals surface area contributed by atoms with Crippen LogP contribution >= 0.6 is 11.6 Å². The number of esters is 1. The van der Waals surface area contributed by atoms with Gasteiger partial charge in [-0.15, -0.1) is 0 Å². The standard InChI is InChI=1S/C19H18ClNO3/c1-2-24-17(22)13-5-3-8-16(11-13)21-18(23)19(9-10-19)14-6-4-7-15(20)12-14/h3-8,11-12H,2,9-10H2,1H3,(H,21,23). The topological polar surface area (TPSA) is 55.4 Å². The fraction of sp³-hybridized carbons (Fsp3) is 0.263. The molecule has 0 saturated heterocycles. The first kappa shape index (κ1) is 16.5. The molecule has 3 rings (SSSR count). The van der Waals surface area contributed by atoms with Crippen molar-refractivity contribution in [2.75, 3.05) is 11.9 Å². The van der Waals surface area contributed by atoms with Crippen LogP contribution in [-0.4, -0.2) is 18.5 Å². The van der Waals surface area contributed by atoms with E-state index in [0.717, 1.165) is 18.4 Å². The van der Waals surface area contributed by atoms with Gasteiger partial charge in [0, 0.05) is 10.7 Å². The molecule has 5 heteroatoms. The average Bonchev–Trinajstić information content (AvgIpc) is 3.37. The number of anilines is 1. The van der Waals surface area contributed by atoms with Crippen LogP contribution in [0.4, 0.5) is 5.69 Å². The second-order valence-electron chi connectivity index (χ2n) is 5.85. The molecule has 1 saturated carbocycles. The van der Waals surface area contributed by atoms with E-state index in [-0.39, 0.29) is 5.91 Å². The monoisotopic (exact) mass is 343 g/mol. The number of benzene rings is 2. The van der Waals surface area contributed by atoms with Gasteiger partial charge < -0.3 is 10.1 Å². The van der Waals surface area contributed by atoms with Gasteiger partial charge in [0.25, 0.3) is 0 Å². The number of hydrogen-bond donors (Lipinski definition) is 1. The van der Waals surface area contributed by atoms with Crippen molar-refractivity contribution in [2.24, 2.45) is 0 Å². The van der Waals surface area contributed by atoms with Crippen LogP contribution in [-0.2, 0) is 14.9 Å². The first-order chi connectivity index (χ1) is 11.5. The Labute approximate surface area is 145 Å². The maximum Gasteiger partial charge on any atom is 0.338 e. The number of ether oxygens (including phenoxy) is 1. The minimum atomic E-state index is -0.523. The Morgan fingerprint density at radius 1 is 1.17 bits per heavy atom. The van der Waals surface area contributed by atoms with E-state index < -0.39 is 11.4 Å². The number of amides is 1. The van der Waals surface area contributed by atoms with E-state index in [2.05, 4.69) is 5.32 Å². The quantitative estimate of drug-likeness (QED) is 0.828. The number of carbonyl (C=O) groups excluding carboxylic acids is 2. The summed E-state index contributed by atoms with van der Waals surface area (Å²) in [7, 11) is 0. The van der Waals surface area contributed by atoms with Gasteiger partial charge in [-0.1, -0.05) is 29.8 Å². The lowest BCUT2D eigenvalue weighted by atomic mass is 9.95. The molecule has 0 aliphatic heterocycles. The molecule has 0 heterocycles. The van der Waals surface area contributed by atoms with Crippen LogP contribution in [0.5, 0.6) is 0 Å². The van der Waals surface area contributed by atoms with E-state index in [9.17, 15) is 9.59 Å². The van der Waals surface area contributed by atoms with E-state index in [0.29, 0.717) is 22.9 Å². The Bertz CT molecular complexity index is 784. The van der Waals surface area contributed by atoms with Gasteiger partial charge in [-0.2, -0.15) is 0 Å². The molecule has 24 heavy (non-hydrogen) atoms. The Morgan fingerprint density at radius 3 is 2.58 bits per heavy atom. The molecule has 0 atom stereocenters. The third-order valence-electron chi connectivity index (χ3n) is 4.19. The largest absolute Gasteiger partial charge is 0.462 e. The first-order valence-electron chi connectivity index (χ1n) is 7.90. The highest BCUT2D eigenvalue weighted by Crippen LogP contribution is 2.49. The van der Waals surface area contributed by atoms with Crippen LogP contribution in [0.25, 0.3) is 0 Å². The van der Waals surface area contributed by atoms with E-state index in [4.69, 9.17) is 16.3 Å². The van der Waals surface area contributed by atoms with Crippen molar-refractivity contribution in [1.29, 1.82) is 0 Å². The Kier molecular flexibility index (Phi) is 4.58. The molecule has 0 radical (unpaired) electrons. The summed E-state index contributed by atoms with van der Waals surface area (Å²) in [5.41, 5.74) is 1.40. The molecular weight excluding hydrogens is 326 g/mol. The molecule has 1 amide bonds. The second-order valence-corrected chi connectivity index (χ2v) is 6.28. The van der Waals surface area contributed by atoms with E-state index >= 15 is 0 Å². The van der Waals surface area contributed by atoms with Gasteiger partial charge in [0.1, 0.15) is 0 Å². The fourth-order valence-electron chi connectivity index (χ4n) is 2.75. The number of halogens is 1. The van der Waals surface area contributed by atoms with Crippen molar-refractivity contribution < 1.29 is 14.3 Å². The minimum absolute atomic E-state index is 0.0780. The molecule has 0 spiro atoms. The Morgan fingerprint density at radius 2 is 1.92 bits per heavy atom. The zero-order chi connectivity index (χ0) is 17.2. The van der Waals surface area contributed by atoms with Crippen molar-refractivity contribution in [1.82, 2.24) is 0 Å². The van der Waals surface area contributed by atoms with Crippen molar-refractivity contribution in [3.63, 3.8) is 0 Å². The van der Waals surface area contributed by atoms with Crippen LogP contribution in [0, 0.1) is 0 Å². The Hall–Kier alpha value is -2.33. The minimum Gasteiger partial charge on any atom is -0.462 e. The SMILES string of the molecule is CCOC(=O)c1cccc(NC(=O)C2(c3cccc(Cl)c3)CC2)c1. The third-order valence-corrected chi connectivity index (χ3v) is 4.43. The third kappa shape index (κ3) is 3.29. The molecule has 2 aromatic carbocycles. The summed E-state index contributed by atoms with van der Waals surface area (Å²) >= 11 is 6.05. The summed E-state index contributed by atoms with van der Waals surface area (Å²) in [6.45, 7) is 2.07. The van der Waals surface area contributed by atoms with Crippen molar-refractivity contribution in [3.8, 4) is 0 Å². The fourth-order valence-corrected chi connectivity index (χ4v) is 2.94. The molecule has 0 bridgehead atoms. The van der Waals surface area contributed by atoms with Gasteiger partial charge in [-0.05, 0) is 55.7 Å². The highest BCUT2D eigenvalue weighted by molar-refractivity contribution is 6.30. The smallest absolute Gasteiger partial charge is 0.338 e. The maximum atomic E-state index is 12.7. The zero-order valence-corrected chi connectivity index (χ0v) is 14.1. The maximum absolute atomic E-state index is 12.7. The average molecular weight is 344 g/mol. The van der Waals surface area contributed by atoms with Crippen LogP contribution in [0.1, 0.15) is 35.7 Å². The van der Waals surface area contributed by atoms with Crippen LogP contribution < -0.4 is 5.32 Å². The normalized spacial score (nSPS) is 14.8. The zero-order valence-electron chi connectivity index (χ0n) is 13.3. The summed E-state index contributed by atoms with van der Waals surface area (Å²) in [4.78, 5) is 24.5. The van der Waals surface area contributed by atoms with Crippen LogP contribution in [0.3, 0.4) is 0 Å². The highest BCUT2D eigenvalue weighted by Gasteiger charge is 2.51. The highest BCUT2D eigenvalue weighted by atomic mass is 35.5. The van der Waals surface area contributed by atoms with Crippen LogP contribution in [0.15, 0.2) is 48.5 Å². The molecule has 0 unspecified atom stereocenters. The molecule has 1 fully saturated rings. The first-order valence-corrected chi connectivity index (χ1v) is 8.27. The molecule has 124 valence electrons. The van der Waals surface area contributed by atoms with Gasteiger partial charge in [-0.3, -0.25) is 4.79 Å². The molecule has 2 aromatic rings. The van der Waals surface area contributed by atoms with Crippen molar-refractivity contribution in [2.45, 2.75) is 25.2 Å². The molecule has 1 aliphatic carbocycles. The second kappa shape index (κ2) is 6.65. The molecular formula is C19H18ClNO3. The van der Waals surface area contributed by atoms with Gasteiger partial charge in [-0.25, -0.2) is 4.79 Å². The van der Waals surface area contributed by atoms with Gasteiger partial charge in [0.2, 0.25) is 5.91 Å². The summed E-state index contributed by atoms with van der Waals surface area (Å²) in [6.07, 6.45) is 1.58. The lowest BCUT2D eigenvalue weighted by molar-refractivity contribution is -0.118. The van der Waals surface area contributed by atoms with E-state index in [1.54, 1.807) is 37.3 Å². The number of hydrogen-bond acceptors (Lipinski definition) is 3. The van der Waals surface area contributed by atoms with E-state index in [1.165, 1.54) is 0 Å². The summed E-state index contributed by atoms with van der Waals surface area (Å²) in [6, 6.07) is 14.2. The van der Waals surface area contributed by atoms with Gasteiger partial charge in [0.05, 0.1) is 17.6 Å². The molecule has 1 N–H and O–H groups in total. The number of carbonyl (C=O) groups is 2. The van der Waals surface area contributed by atoms with E-state index in [1.807, 2.05) is 18.2 Å². The lowest BCUT2D eigenvalue weighted by Crippen LogP contribution is -2.27. The summed E-state index contributed by atoms with van der Waals surface area (Å²) in [5.74, 6) is -0.477. The predicted molar refractivity (Wildman–Crippen MR) is 93.4 cm³/mol. The van der Waals surface area contributed by atoms with Crippen LogP contribution in [0.2, 0.25) is 5.02 Å². The molecule has 4 nitrogen and oxygen atoms in total. The number of rotatable bonds is 5. The van der Waals surface area contributed by atoms with Crippen molar-refractivity contribution >= 4 is 29.2 Å². The lowest BCUT2D eigenvalue weighted by Gasteiger charge is -2.16. The Balaban J connectivity index is 1.78. The van der Waals surface area contributed by atoms with Gasteiger partial charge >= 0.3 is 5.97 Å². The molecule has 0 aromatic heterocycles. The predicted octanol–water partition coefficient (Wildman–Crippen LogP) is 4.19. The summed E-state index contributed by atoms with van der Waals surface area (Å²) in [5, 5.41) is 3.53. The molecule has 1 aliphatic rings.